The molecule has 1 aromatic heterocycles. The lowest BCUT2D eigenvalue weighted by atomic mass is 10.1. The quantitative estimate of drug-likeness (QED) is 0.740. The molecule has 1 saturated heterocycles. The van der Waals surface area contributed by atoms with E-state index < -0.39 is 0 Å². The van der Waals surface area contributed by atoms with Gasteiger partial charge in [-0.2, -0.15) is 0 Å². The molecule has 0 bridgehead atoms. The number of ether oxygens (including phenoxy) is 1. The van der Waals surface area contributed by atoms with E-state index in [1.165, 1.54) is 0 Å². The molecule has 1 atom stereocenters. The third kappa shape index (κ3) is 5.24. The van der Waals surface area contributed by atoms with Gasteiger partial charge in [0, 0.05) is 52.9 Å². The predicted octanol–water partition coefficient (Wildman–Crippen LogP) is 0.457. The fraction of sp³-hybridized carbons (Fsp3) is 0.667. The van der Waals surface area contributed by atoms with Crippen molar-refractivity contribution in [2.75, 3.05) is 57.2 Å². The highest BCUT2D eigenvalue weighted by atomic mass is 16.5. The summed E-state index contributed by atoms with van der Waals surface area (Å²) in [6, 6.07) is 1.94. The number of aromatic nitrogens is 2. The SMILES string of the molecule is COCCNC(=O)N[C@@H]1CCCN(c2cc(N(C)C)ncn2)C1. The lowest BCUT2D eigenvalue weighted by Crippen LogP contribution is -2.51. The molecule has 1 aliphatic rings. The highest BCUT2D eigenvalue weighted by Gasteiger charge is 2.22. The number of methoxy groups -OCH3 is 1. The van der Waals surface area contributed by atoms with Gasteiger partial charge in [0.25, 0.3) is 0 Å². The van der Waals surface area contributed by atoms with Crippen molar-refractivity contribution in [2.24, 2.45) is 0 Å². The molecule has 0 spiro atoms. The number of carbonyl (C=O) groups is 1. The van der Waals surface area contributed by atoms with Gasteiger partial charge in [-0.1, -0.05) is 0 Å². The van der Waals surface area contributed by atoms with Crippen molar-refractivity contribution >= 4 is 17.7 Å². The summed E-state index contributed by atoms with van der Waals surface area (Å²) in [5.74, 6) is 1.78. The van der Waals surface area contributed by atoms with Crippen molar-refractivity contribution in [1.29, 1.82) is 0 Å². The van der Waals surface area contributed by atoms with Crippen LogP contribution in [0.5, 0.6) is 0 Å². The molecule has 2 N–H and O–H groups in total. The van der Waals surface area contributed by atoms with E-state index in [0.717, 1.165) is 37.6 Å². The van der Waals surface area contributed by atoms with Crippen LogP contribution in [0, 0.1) is 0 Å². The lowest BCUT2D eigenvalue weighted by Gasteiger charge is -2.34. The second-order valence-corrected chi connectivity index (χ2v) is 5.81. The van der Waals surface area contributed by atoms with Crippen molar-refractivity contribution in [1.82, 2.24) is 20.6 Å². The van der Waals surface area contributed by atoms with Gasteiger partial charge in [0.2, 0.25) is 0 Å². The molecule has 23 heavy (non-hydrogen) atoms. The van der Waals surface area contributed by atoms with Crippen LogP contribution < -0.4 is 20.4 Å². The number of hydrogen-bond donors (Lipinski definition) is 2. The van der Waals surface area contributed by atoms with E-state index in [1.807, 2.05) is 25.1 Å². The molecule has 0 aromatic carbocycles. The van der Waals surface area contributed by atoms with Gasteiger partial charge < -0.3 is 25.2 Å². The zero-order chi connectivity index (χ0) is 16.7. The summed E-state index contributed by atoms with van der Waals surface area (Å²) in [6.07, 6.45) is 3.57. The Kier molecular flexibility index (Phi) is 6.40. The first-order chi connectivity index (χ1) is 11.1. The molecular formula is C15H26N6O2. The van der Waals surface area contributed by atoms with Gasteiger partial charge in [-0.05, 0) is 12.8 Å². The molecule has 2 heterocycles. The first-order valence-corrected chi connectivity index (χ1v) is 7.87. The van der Waals surface area contributed by atoms with Crippen molar-refractivity contribution in [3.05, 3.63) is 12.4 Å². The number of hydrogen-bond acceptors (Lipinski definition) is 6. The topological polar surface area (TPSA) is 82.6 Å². The Labute approximate surface area is 137 Å². The van der Waals surface area contributed by atoms with Gasteiger partial charge in [-0.25, -0.2) is 14.8 Å². The Balaban J connectivity index is 1.90. The van der Waals surface area contributed by atoms with Crippen molar-refractivity contribution in [3.63, 3.8) is 0 Å². The third-order valence-electron chi connectivity index (χ3n) is 3.77. The summed E-state index contributed by atoms with van der Waals surface area (Å²) in [7, 11) is 5.52. The van der Waals surface area contributed by atoms with E-state index in [-0.39, 0.29) is 12.1 Å². The summed E-state index contributed by atoms with van der Waals surface area (Å²) < 4.78 is 4.92. The van der Waals surface area contributed by atoms with E-state index in [1.54, 1.807) is 13.4 Å². The fourth-order valence-electron chi connectivity index (χ4n) is 2.56. The van der Waals surface area contributed by atoms with Gasteiger partial charge in [0.05, 0.1) is 6.61 Å². The summed E-state index contributed by atoms with van der Waals surface area (Å²) in [5.41, 5.74) is 0. The molecule has 2 amide bonds. The first-order valence-electron chi connectivity index (χ1n) is 7.87. The fourth-order valence-corrected chi connectivity index (χ4v) is 2.56. The number of piperidine rings is 1. The third-order valence-corrected chi connectivity index (χ3v) is 3.77. The number of carbonyl (C=O) groups excluding carboxylic acids is 1. The molecule has 1 aliphatic heterocycles. The lowest BCUT2D eigenvalue weighted by molar-refractivity contribution is 0.194. The van der Waals surface area contributed by atoms with Gasteiger partial charge >= 0.3 is 6.03 Å². The monoisotopic (exact) mass is 322 g/mol. The normalized spacial score (nSPS) is 17.7. The van der Waals surface area contributed by atoms with E-state index in [2.05, 4.69) is 25.5 Å². The largest absolute Gasteiger partial charge is 0.383 e. The van der Waals surface area contributed by atoms with Crippen LogP contribution in [0.15, 0.2) is 12.4 Å². The van der Waals surface area contributed by atoms with Crippen LogP contribution in [-0.2, 0) is 4.74 Å². The first kappa shape index (κ1) is 17.3. The molecule has 0 unspecified atom stereocenters. The second kappa shape index (κ2) is 8.52. The summed E-state index contributed by atoms with van der Waals surface area (Å²) >= 11 is 0. The Morgan fingerprint density at radius 3 is 3.04 bits per heavy atom. The molecule has 0 saturated carbocycles. The van der Waals surface area contributed by atoms with Crippen molar-refractivity contribution < 1.29 is 9.53 Å². The molecule has 8 heteroatoms. The minimum absolute atomic E-state index is 0.115. The maximum absolute atomic E-state index is 11.8. The molecular weight excluding hydrogens is 296 g/mol. The number of rotatable bonds is 6. The Morgan fingerprint density at radius 1 is 1.48 bits per heavy atom. The minimum atomic E-state index is -0.148. The average Bonchev–Trinajstić information content (AvgIpc) is 2.55. The number of urea groups is 1. The Hall–Kier alpha value is -2.09. The van der Waals surface area contributed by atoms with E-state index >= 15 is 0 Å². The van der Waals surface area contributed by atoms with Gasteiger partial charge in [0.1, 0.15) is 18.0 Å². The molecule has 8 nitrogen and oxygen atoms in total. The molecule has 1 aromatic rings. The highest BCUT2D eigenvalue weighted by Crippen LogP contribution is 2.20. The van der Waals surface area contributed by atoms with Crippen LogP contribution in [0.2, 0.25) is 0 Å². The standard InChI is InChI=1S/C15H26N6O2/c1-20(2)13-9-14(18-11-17-13)21-7-4-5-12(10-21)19-15(22)16-6-8-23-3/h9,11-12H,4-8,10H2,1-3H3,(H2,16,19,22)/t12-/m1/s1. The Bertz CT molecular complexity index is 510. The van der Waals surface area contributed by atoms with Crippen LogP contribution in [0.4, 0.5) is 16.4 Å². The average molecular weight is 322 g/mol. The van der Waals surface area contributed by atoms with Crippen LogP contribution in [-0.4, -0.2) is 69.5 Å². The zero-order valence-electron chi connectivity index (χ0n) is 14.1. The highest BCUT2D eigenvalue weighted by molar-refractivity contribution is 5.74. The van der Waals surface area contributed by atoms with Crippen LogP contribution in [0.1, 0.15) is 12.8 Å². The maximum atomic E-state index is 11.8. The Morgan fingerprint density at radius 2 is 2.30 bits per heavy atom. The van der Waals surface area contributed by atoms with Crippen LogP contribution in [0.25, 0.3) is 0 Å². The molecule has 2 rings (SSSR count). The number of anilines is 2. The van der Waals surface area contributed by atoms with Crippen molar-refractivity contribution in [3.8, 4) is 0 Å². The zero-order valence-corrected chi connectivity index (χ0v) is 14.1. The maximum Gasteiger partial charge on any atom is 0.315 e. The minimum Gasteiger partial charge on any atom is -0.383 e. The number of nitrogens with one attached hydrogen (secondary N) is 2. The second-order valence-electron chi connectivity index (χ2n) is 5.81. The predicted molar refractivity (Wildman–Crippen MR) is 90.0 cm³/mol. The number of amides is 2. The van der Waals surface area contributed by atoms with E-state index in [4.69, 9.17) is 4.74 Å². The number of nitrogens with zero attached hydrogens (tertiary/aromatic N) is 4. The van der Waals surface area contributed by atoms with E-state index in [9.17, 15) is 4.79 Å². The van der Waals surface area contributed by atoms with Crippen molar-refractivity contribution in [2.45, 2.75) is 18.9 Å². The van der Waals surface area contributed by atoms with Gasteiger partial charge in [0.15, 0.2) is 0 Å². The van der Waals surface area contributed by atoms with Crippen LogP contribution >= 0.6 is 0 Å². The summed E-state index contributed by atoms with van der Waals surface area (Å²) in [6.45, 7) is 2.71. The summed E-state index contributed by atoms with van der Waals surface area (Å²) in [4.78, 5) is 24.6. The van der Waals surface area contributed by atoms with Crippen LogP contribution in [0.3, 0.4) is 0 Å². The van der Waals surface area contributed by atoms with E-state index in [0.29, 0.717) is 13.2 Å². The molecule has 0 aliphatic carbocycles. The molecule has 0 radical (unpaired) electrons. The van der Waals surface area contributed by atoms with Gasteiger partial charge in [-0.15, -0.1) is 0 Å². The molecule has 128 valence electrons. The molecule has 1 fully saturated rings. The summed E-state index contributed by atoms with van der Waals surface area (Å²) in [5, 5.41) is 5.80. The van der Waals surface area contributed by atoms with Gasteiger partial charge in [-0.3, -0.25) is 0 Å². The smallest absolute Gasteiger partial charge is 0.315 e.